The Morgan fingerprint density at radius 1 is 0.824 bits per heavy atom. The fourth-order valence-electron chi connectivity index (χ4n) is 3.46. The summed E-state index contributed by atoms with van der Waals surface area (Å²) < 4.78 is 1.82. The van der Waals surface area contributed by atoms with Crippen LogP contribution in [0.5, 0.6) is 5.75 Å². The van der Waals surface area contributed by atoms with Crippen LogP contribution in [0.15, 0.2) is 97.2 Å². The summed E-state index contributed by atoms with van der Waals surface area (Å²) in [7, 11) is 0. The first-order valence-corrected chi connectivity index (χ1v) is 10.8. The normalized spacial score (nSPS) is 11.3. The number of phenols is 1. The molecule has 1 heterocycles. The highest BCUT2D eigenvalue weighted by Gasteiger charge is 2.11. The van der Waals surface area contributed by atoms with Gasteiger partial charge in [0.2, 0.25) is 0 Å². The molecule has 0 saturated heterocycles. The highest BCUT2D eigenvalue weighted by Crippen LogP contribution is 2.24. The number of ketones is 2. The van der Waals surface area contributed by atoms with Gasteiger partial charge in [-0.1, -0.05) is 84.1 Å². The van der Waals surface area contributed by atoms with Crippen LogP contribution in [0.2, 0.25) is 0 Å². The summed E-state index contributed by atoms with van der Waals surface area (Å²) in [6.07, 6.45) is 7.62. The molecule has 1 N–H and O–H groups in total. The largest absolute Gasteiger partial charge is 0.508 e. The van der Waals surface area contributed by atoms with Crippen LogP contribution in [0.1, 0.15) is 23.1 Å². The molecule has 0 amide bonds. The van der Waals surface area contributed by atoms with E-state index in [0.29, 0.717) is 6.54 Å². The molecule has 4 rings (SSSR count). The number of nitrogens with zero attached hydrogens (tertiary/aromatic N) is 3. The average Bonchev–Trinajstić information content (AvgIpc) is 3.31. The molecule has 3 aromatic carbocycles. The molecule has 0 aliphatic rings. The summed E-state index contributed by atoms with van der Waals surface area (Å²) >= 11 is 0. The lowest BCUT2D eigenvalue weighted by molar-refractivity contribution is -0.121. The van der Waals surface area contributed by atoms with Crippen LogP contribution in [-0.4, -0.2) is 31.7 Å². The van der Waals surface area contributed by atoms with Crippen LogP contribution >= 0.6 is 0 Å². The van der Waals surface area contributed by atoms with Gasteiger partial charge in [-0.25, -0.2) is 4.68 Å². The van der Waals surface area contributed by atoms with E-state index in [1.54, 1.807) is 30.5 Å². The van der Waals surface area contributed by atoms with Crippen molar-refractivity contribution in [1.29, 1.82) is 0 Å². The molecule has 6 heteroatoms. The van der Waals surface area contributed by atoms with Gasteiger partial charge in [0, 0.05) is 5.56 Å². The number of carbonyl (C=O) groups excluding carboxylic acids is 2. The first kappa shape index (κ1) is 22.6. The van der Waals surface area contributed by atoms with Gasteiger partial charge in [0.05, 0.1) is 24.9 Å². The van der Waals surface area contributed by atoms with Crippen molar-refractivity contribution in [2.24, 2.45) is 0 Å². The Balaban J connectivity index is 1.45. The van der Waals surface area contributed by atoms with Gasteiger partial charge in [0.15, 0.2) is 11.6 Å². The molecule has 0 atom stereocenters. The Hall–Kier alpha value is -4.58. The zero-order chi connectivity index (χ0) is 23.8. The lowest BCUT2D eigenvalue weighted by atomic mass is 10.0. The molecule has 0 saturated carbocycles. The predicted octanol–water partition coefficient (Wildman–Crippen LogP) is 4.95. The smallest absolute Gasteiger partial charge is 0.163 e. The highest BCUT2D eigenvalue weighted by atomic mass is 16.3. The molecular weight excluding hydrogens is 426 g/mol. The second-order valence-corrected chi connectivity index (χ2v) is 7.72. The predicted molar refractivity (Wildman–Crippen MR) is 132 cm³/mol. The molecule has 0 unspecified atom stereocenters. The zero-order valence-electron chi connectivity index (χ0n) is 18.4. The molecular formula is C28H23N3O3. The molecule has 168 valence electrons. The molecule has 4 aromatic rings. The summed E-state index contributed by atoms with van der Waals surface area (Å²) in [5, 5.41) is 17.6. The van der Waals surface area contributed by atoms with Crippen molar-refractivity contribution in [3.63, 3.8) is 0 Å². The minimum absolute atomic E-state index is 0.156. The molecule has 34 heavy (non-hydrogen) atoms. The minimum Gasteiger partial charge on any atom is -0.508 e. The quantitative estimate of drug-likeness (QED) is 0.289. The topological polar surface area (TPSA) is 85.1 Å². The molecule has 0 bridgehead atoms. The van der Waals surface area contributed by atoms with E-state index >= 15 is 0 Å². The van der Waals surface area contributed by atoms with Crippen molar-refractivity contribution < 1.29 is 14.7 Å². The summed E-state index contributed by atoms with van der Waals surface area (Å²) in [6.45, 7) is 0.578. The second kappa shape index (κ2) is 10.8. The first-order chi connectivity index (χ1) is 16.6. The number of rotatable bonds is 9. The summed E-state index contributed by atoms with van der Waals surface area (Å²) in [6, 6.07) is 24.1. The van der Waals surface area contributed by atoms with Crippen molar-refractivity contribution in [3.05, 3.63) is 114 Å². The van der Waals surface area contributed by atoms with E-state index in [-0.39, 0.29) is 23.7 Å². The van der Waals surface area contributed by atoms with E-state index in [1.807, 2.05) is 59.3 Å². The van der Waals surface area contributed by atoms with Crippen LogP contribution in [0.25, 0.3) is 23.4 Å². The van der Waals surface area contributed by atoms with Crippen molar-refractivity contribution in [3.8, 4) is 17.0 Å². The number of hydrogen-bond acceptors (Lipinski definition) is 5. The van der Waals surface area contributed by atoms with Crippen molar-refractivity contribution >= 4 is 23.7 Å². The molecule has 0 aliphatic heterocycles. The Morgan fingerprint density at radius 2 is 1.50 bits per heavy atom. The van der Waals surface area contributed by atoms with Gasteiger partial charge >= 0.3 is 0 Å². The number of aromatic nitrogens is 3. The standard InChI is InChI=1S/C28H23N3O3/c32-24-14-10-21(11-15-24)12-16-25(33)18-26(34)17-13-23-8-4-5-9-27(23)28-19-29-30-31(28)20-22-6-2-1-3-7-22/h1-17,19,32H,18,20H2. The maximum atomic E-state index is 12.4. The van der Waals surface area contributed by atoms with Crippen molar-refractivity contribution in [2.45, 2.75) is 13.0 Å². The van der Waals surface area contributed by atoms with E-state index in [1.165, 1.54) is 24.3 Å². The van der Waals surface area contributed by atoms with Gasteiger partial charge in [0.25, 0.3) is 0 Å². The van der Waals surface area contributed by atoms with Crippen LogP contribution in [0.3, 0.4) is 0 Å². The van der Waals surface area contributed by atoms with Gasteiger partial charge in [-0.2, -0.15) is 0 Å². The van der Waals surface area contributed by atoms with Crippen molar-refractivity contribution in [2.75, 3.05) is 0 Å². The van der Waals surface area contributed by atoms with Gasteiger partial charge < -0.3 is 5.11 Å². The van der Waals surface area contributed by atoms with Crippen molar-refractivity contribution in [1.82, 2.24) is 15.0 Å². The van der Waals surface area contributed by atoms with Crippen LogP contribution in [0, 0.1) is 0 Å². The SMILES string of the molecule is O=C(C=Cc1ccc(O)cc1)CC(=O)C=Cc1ccccc1-c1cnnn1Cc1ccccc1. The van der Waals surface area contributed by atoms with Gasteiger partial charge in [0.1, 0.15) is 5.75 Å². The molecule has 1 aromatic heterocycles. The molecule has 6 nitrogen and oxygen atoms in total. The maximum Gasteiger partial charge on any atom is 0.163 e. The van der Waals surface area contributed by atoms with E-state index in [2.05, 4.69) is 10.3 Å². The Morgan fingerprint density at radius 3 is 2.26 bits per heavy atom. The monoisotopic (exact) mass is 449 g/mol. The number of hydrogen-bond donors (Lipinski definition) is 1. The van der Waals surface area contributed by atoms with E-state index < -0.39 is 0 Å². The first-order valence-electron chi connectivity index (χ1n) is 10.8. The van der Waals surface area contributed by atoms with E-state index in [0.717, 1.165) is 27.9 Å². The lowest BCUT2D eigenvalue weighted by Crippen LogP contribution is -2.04. The number of carbonyl (C=O) groups is 2. The second-order valence-electron chi connectivity index (χ2n) is 7.72. The molecule has 0 radical (unpaired) electrons. The van der Waals surface area contributed by atoms with Gasteiger partial charge in [-0.15, -0.1) is 5.10 Å². The fourth-order valence-corrected chi connectivity index (χ4v) is 3.46. The minimum atomic E-state index is -0.291. The summed E-state index contributed by atoms with van der Waals surface area (Å²) in [5.41, 5.74) is 4.44. The maximum absolute atomic E-state index is 12.4. The fraction of sp³-hybridized carbons (Fsp3) is 0.0714. The molecule has 0 spiro atoms. The molecule has 0 fully saturated rings. The third-order valence-electron chi connectivity index (χ3n) is 5.18. The van der Waals surface area contributed by atoms with E-state index in [9.17, 15) is 14.7 Å². The zero-order valence-corrected chi connectivity index (χ0v) is 18.4. The lowest BCUT2D eigenvalue weighted by Gasteiger charge is -2.09. The third-order valence-corrected chi connectivity index (χ3v) is 5.18. The van der Waals surface area contributed by atoms with Gasteiger partial charge in [-0.3, -0.25) is 9.59 Å². The molecule has 0 aliphatic carbocycles. The Labute approximate surface area is 197 Å². The van der Waals surface area contributed by atoms with Gasteiger partial charge in [-0.05, 0) is 41.0 Å². The summed E-state index contributed by atoms with van der Waals surface area (Å²) in [5.74, 6) is -0.421. The number of benzene rings is 3. The van der Waals surface area contributed by atoms with E-state index in [4.69, 9.17) is 0 Å². The number of aromatic hydroxyl groups is 1. The average molecular weight is 450 g/mol. The number of allylic oxidation sites excluding steroid dienone is 2. The third kappa shape index (κ3) is 6.01. The van der Waals surface area contributed by atoms with Crippen LogP contribution in [-0.2, 0) is 16.1 Å². The Kier molecular flexibility index (Phi) is 7.20. The summed E-state index contributed by atoms with van der Waals surface area (Å²) in [4.78, 5) is 24.6. The number of phenolic OH excluding ortho intramolecular Hbond substituents is 1. The Bertz CT molecular complexity index is 1340. The highest BCUT2D eigenvalue weighted by molar-refractivity contribution is 6.11. The van der Waals surface area contributed by atoms with Crippen LogP contribution < -0.4 is 0 Å². The van der Waals surface area contributed by atoms with Crippen LogP contribution in [0.4, 0.5) is 0 Å².